The topological polar surface area (TPSA) is 300 Å². The zero-order valence-corrected chi connectivity index (χ0v) is 42.1. The average molecular weight is 1020 g/mol. The highest BCUT2D eigenvalue weighted by molar-refractivity contribution is 8.76. The standard InChI is InChI=1S/C51H69N9O9S2/c1-30(2)45-51(69)59-43(50(68)57-41(27-61)31(3)62)29-71-70-28-42(58-47(65)37(53)23-33-16-8-5-9-17-33)44(63)25-34(22-32-14-6-4-7-15-32)46(64)56-40(24-35-26-54-38-19-11-10-18-36(35)38)49(67)55-39(48(66)60-45)20-12-13-21-52/h4-11,14-19,26,30-31,34,37,39-43,45,54,61-62H,12-13,20-25,27-29,52-53H2,1-3H3,(H,55,67)(H,56,64)(H,57,68)(H,58,65)(H,59,69)(H,60,66)/t31?,34-,37-,39+,40-,41-,42+,43+,45+/m1/s1. The molecule has 1 fully saturated rings. The number of aliphatic hydroxyl groups is 2. The Hall–Kier alpha value is -5.77. The molecule has 0 spiro atoms. The monoisotopic (exact) mass is 1020 g/mol. The van der Waals surface area contributed by atoms with Gasteiger partial charge in [-0.25, -0.2) is 0 Å². The minimum absolute atomic E-state index is 0.0107. The van der Waals surface area contributed by atoms with E-state index in [2.05, 4.69) is 36.9 Å². The van der Waals surface area contributed by atoms with Gasteiger partial charge in [0.05, 0.1) is 30.8 Å². The van der Waals surface area contributed by atoms with Crippen LogP contribution in [-0.4, -0.2) is 129 Å². The summed E-state index contributed by atoms with van der Waals surface area (Å²) in [5.74, 6) is -6.27. The number of aliphatic hydroxyl groups excluding tert-OH is 2. The van der Waals surface area contributed by atoms with Crippen molar-refractivity contribution < 1.29 is 43.8 Å². The molecule has 1 aliphatic rings. The van der Waals surface area contributed by atoms with Crippen molar-refractivity contribution in [3.05, 3.63) is 108 Å². The molecule has 0 bridgehead atoms. The van der Waals surface area contributed by atoms with E-state index in [1.807, 2.05) is 84.9 Å². The van der Waals surface area contributed by atoms with E-state index >= 15 is 0 Å². The molecular weight excluding hydrogens is 947 g/mol. The summed E-state index contributed by atoms with van der Waals surface area (Å²) >= 11 is 0. The molecule has 1 saturated heterocycles. The van der Waals surface area contributed by atoms with Gasteiger partial charge in [-0.3, -0.25) is 33.6 Å². The third kappa shape index (κ3) is 17.2. The lowest BCUT2D eigenvalue weighted by molar-refractivity contribution is -0.136. The third-order valence-corrected chi connectivity index (χ3v) is 14.8. The Morgan fingerprint density at radius 3 is 2.06 bits per heavy atom. The maximum absolute atomic E-state index is 14.8. The van der Waals surface area contributed by atoms with E-state index in [9.17, 15) is 43.8 Å². The zero-order chi connectivity index (χ0) is 51.5. The summed E-state index contributed by atoms with van der Waals surface area (Å²) in [6.07, 6.45) is 1.56. The van der Waals surface area contributed by atoms with Crippen molar-refractivity contribution >= 4 is 73.7 Å². The predicted octanol–water partition coefficient (Wildman–Crippen LogP) is 1.56. The molecule has 2 heterocycles. The fourth-order valence-corrected chi connectivity index (χ4v) is 10.5. The number of Topliss-reactive ketones (excluding diaryl/α,β-unsaturated/α-hetero) is 1. The number of carbonyl (C=O) groups excluding carboxylic acids is 7. The van der Waals surface area contributed by atoms with Gasteiger partial charge in [0.1, 0.15) is 24.2 Å². The number of hydrogen-bond acceptors (Lipinski definition) is 13. The number of nitrogens with two attached hydrogens (primary N) is 2. The lowest BCUT2D eigenvalue weighted by Crippen LogP contribution is -2.60. The summed E-state index contributed by atoms with van der Waals surface area (Å²) in [5, 5.41) is 37.7. The van der Waals surface area contributed by atoms with Crippen LogP contribution in [0.5, 0.6) is 0 Å². The van der Waals surface area contributed by atoms with E-state index in [1.165, 1.54) is 6.92 Å². The van der Waals surface area contributed by atoms with Gasteiger partial charge in [0.15, 0.2) is 5.78 Å². The summed E-state index contributed by atoms with van der Waals surface area (Å²) in [5.41, 5.74) is 15.3. The van der Waals surface area contributed by atoms with Crippen LogP contribution >= 0.6 is 21.6 Å². The number of aromatic amines is 1. The van der Waals surface area contributed by atoms with E-state index in [0.29, 0.717) is 24.9 Å². The van der Waals surface area contributed by atoms with Crippen LogP contribution in [-0.2, 0) is 52.8 Å². The van der Waals surface area contributed by atoms with Crippen LogP contribution in [0.2, 0.25) is 0 Å². The first kappa shape index (κ1) is 56.1. The summed E-state index contributed by atoms with van der Waals surface area (Å²) < 4.78 is 0. The van der Waals surface area contributed by atoms with Gasteiger partial charge in [-0.2, -0.15) is 0 Å². The van der Waals surface area contributed by atoms with Crippen molar-refractivity contribution in [1.82, 2.24) is 36.9 Å². The number of ketones is 1. The quantitative estimate of drug-likeness (QED) is 0.0530. The van der Waals surface area contributed by atoms with Crippen LogP contribution in [0.25, 0.3) is 10.9 Å². The Morgan fingerprint density at radius 2 is 1.39 bits per heavy atom. The molecule has 9 atom stereocenters. The van der Waals surface area contributed by atoms with Gasteiger partial charge in [-0.1, -0.05) is 114 Å². The van der Waals surface area contributed by atoms with Crippen molar-refractivity contribution in [1.29, 1.82) is 0 Å². The number of aromatic nitrogens is 1. The molecular formula is C51H69N9O9S2. The highest BCUT2D eigenvalue weighted by atomic mass is 33.1. The molecule has 71 heavy (non-hydrogen) atoms. The smallest absolute Gasteiger partial charge is 0.243 e. The number of benzene rings is 3. The van der Waals surface area contributed by atoms with Gasteiger partial charge in [0.2, 0.25) is 35.4 Å². The Bertz CT molecular complexity index is 2390. The molecule has 0 aliphatic carbocycles. The first-order chi connectivity index (χ1) is 34.1. The van der Waals surface area contributed by atoms with Crippen LogP contribution in [0, 0.1) is 11.8 Å². The van der Waals surface area contributed by atoms with Crippen molar-refractivity contribution in [2.75, 3.05) is 24.7 Å². The van der Waals surface area contributed by atoms with Crippen LogP contribution < -0.4 is 43.4 Å². The number of H-pyrrole nitrogens is 1. The maximum Gasteiger partial charge on any atom is 0.243 e. The van der Waals surface area contributed by atoms with E-state index < -0.39 is 108 Å². The van der Waals surface area contributed by atoms with Crippen LogP contribution in [0.15, 0.2) is 91.1 Å². The molecule has 1 unspecified atom stereocenters. The fraction of sp³-hybridized carbons (Fsp3) is 0.471. The van der Waals surface area contributed by atoms with Gasteiger partial charge < -0.3 is 58.6 Å². The Kier molecular flexibility index (Phi) is 22.4. The molecule has 18 nitrogen and oxygen atoms in total. The Morgan fingerprint density at radius 1 is 0.761 bits per heavy atom. The van der Waals surface area contributed by atoms with E-state index in [0.717, 1.165) is 43.6 Å². The highest BCUT2D eigenvalue weighted by Crippen LogP contribution is 2.26. The van der Waals surface area contributed by atoms with E-state index in [4.69, 9.17) is 11.5 Å². The first-order valence-electron chi connectivity index (χ1n) is 24.0. The number of rotatable bonds is 17. The third-order valence-electron chi connectivity index (χ3n) is 12.3. The molecule has 20 heteroatoms. The zero-order valence-electron chi connectivity index (χ0n) is 40.4. The van der Waals surface area contributed by atoms with Crippen molar-refractivity contribution in [2.45, 2.75) is 114 Å². The number of hydrogen-bond donors (Lipinski definition) is 11. The summed E-state index contributed by atoms with van der Waals surface area (Å²) in [7, 11) is 2.24. The molecule has 4 aromatic rings. The molecule has 1 aromatic heterocycles. The first-order valence-corrected chi connectivity index (χ1v) is 26.5. The number of amides is 6. The normalized spacial score (nSPS) is 22.6. The summed E-state index contributed by atoms with van der Waals surface area (Å²) in [6, 6.07) is 17.4. The number of unbranched alkanes of at least 4 members (excludes halogenated alkanes) is 1. The minimum atomic E-state index is -1.29. The minimum Gasteiger partial charge on any atom is -0.394 e. The second-order valence-corrected chi connectivity index (χ2v) is 20.8. The largest absolute Gasteiger partial charge is 0.394 e. The molecule has 5 rings (SSSR count). The number of fused-ring (bicyclic) bond motifs is 1. The lowest BCUT2D eigenvalue weighted by Gasteiger charge is -2.29. The molecule has 0 saturated carbocycles. The number of para-hydroxylation sites is 1. The van der Waals surface area contributed by atoms with Gasteiger partial charge in [0.25, 0.3) is 0 Å². The van der Waals surface area contributed by atoms with Crippen molar-refractivity contribution in [3.8, 4) is 0 Å². The van der Waals surface area contributed by atoms with Crippen LogP contribution in [0.1, 0.15) is 63.1 Å². The molecule has 3 aromatic carbocycles. The van der Waals surface area contributed by atoms with Gasteiger partial charge in [-0.15, -0.1) is 0 Å². The molecule has 13 N–H and O–H groups in total. The van der Waals surface area contributed by atoms with Crippen LogP contribution in [0.3, 0.4) is 0 Å². The van der Waals surface area contributed by atoms with Gasteiger partial charge >= 0.3 is 0 Å². The second kappa shape index (κ2) is 28.3. The Labute approximate surface area is 422 Å². The predicted molar refractivity (Wildman–Crippen MR) is 276 cm³/mol. The average Bonchev–Trinajstić information content (AvgIpc) is 3.76. The van der Waals surface area contributed by atoms with E-state index in [1.54, 1.807) is 20.0 Å². The SMILES string of the molecule is CC(C)[C@@H]1NC(=O)[C@H](CCCCN)NC(=O)[C@@H](Cc2c[nH]c3ccccc23)NC(=O)[C@H](Cc2ccccc2)CC(=O)[C@@H](NC(=O)[C@H](N)Cc2ccccc2)CSSC[C@@H](C(=O)N[C@H](CO)C(C)O)NC1=O. The number of carbonyl (C=O) groups is 7. The van der Waals surface area contributed by atoms with Crippen molar-refractivity contribution in [2.24, 2.45) is 23.3 Å². The maximum atomic E-state index is 14.8. The van der Waals surface area contributed by atoms with Gasteiger partial charge in [-0.05, 0) is 74.2 Å². The summed E-state index contributed by atoms with van der Waals surface area (Å²) in [4.78, 5) is 104. The molecule has 1 aliphatic heterocycles. The molecule has 384 valence electrons. The van der Waals surface area contributed by atoms with Gasteiger partial charge in [0, 0.05) is 47.4 Å². The molecule has 6 amide bonds. The second-order valence-electron chi connectivity index (χ2n) is 18.3. The highest BCUT2D eigenvalue weighted by Gasteiger charge is 2.36. The van der Waals surface area contributed by atoms with Crippen molar-refractivity contribution in [3.63, 3.8) is 0 Å². The Balaban J connectivity index is 1.56. The number of nitrogens with one attached hydrogen (secondary N) is 7. The molecule has 0 radical (unpaired) electrons. The fourth-order valence-electron chi connectivity index (χ4n) is 8.12. The summed E-state index contributed by atoms with van der Waals surface area (Å²) in [6.45, 7) is 4.51. The van der Waals surface area contributed by atoms with E-state index in [-0.39, 0.29) is 43.6 Å². The van der Waals surface area contributed by atoms with Crippen LogP contribution in [0.4, 0.5) is 0 Å². The lowest BCUT2D eigenvalue weighted by atomic mass is 9.90.